The molecule has 3 aromatic rings. The summed E-state index contributed by atoms with van der Waals surface area (Å²) in [6.07, 6.45) is 0. The molecule has 1 N–H and O–H groups in total. The van der Waals surface area contributed by atoms with Gasteiger partial charge in [0, 0.05) is 11.6 Å². The van der Waals surface area contributed by atoms with Crippen molar-refractivity contribution in [1.29, 1.82) is 0 Å². The Morgan fingerprint density at radius 2 is 1.69 bits per heavy atom. The highest BCUT2D eigenvalue weighted by atomic mass is 16.7. The molecule has 0 aromatic heterocycles. The van der Waals surface area contributed by atoms with E-state index in [1.54, 1.807) is 19.2 Å². The van der Waals surface area contributed by atoms with Crippen LogP contribution in [-0.2, 0) is 4.79 Å². The standard InChI is InChI=1S/C23H21NO5/c1-13(15-4-5-17-9-18(27-3)7-6-16(17)8-15)23(26)24-20-11-22-21(28-12-29-22)10-19(20)14(2)25/h4-11,13H,12H2,1-3H3,(H,24,26)/t13-/m0/s1. The first kappa shape index (κ1) is 18.8. The van der Waals surface area contributed by atoms with Gasteiger partial charge in [0.2, 0.25) is 12.7 Å². The molecule has 1 amide bonds. The Labute approximate surface area is 168 Å². The highest BCUT2D eigenvalue weighted by Crippen LogP contribution is 2.37. The molecule has 0 saturated heterocycles. The average molecular weight is 391 g/mol. The lowest BCUT2D eigenvalue weighted by atomic mass is 9.96. The number of hydrogen-bond donors (Lipinski definition) is 1. The van der Waals surface area contributed by atoms with Crippen LogP contribution in [0.5, 0.6) is 17.2 Å². The van der Waals surface area contributed by atoms with Gasteiger partial charge in [-0.05, 0) is 48.4 Å². The molecule has 6 heteroatoms. The number of hydrogen-bond acceptors (Lipinski definition) is 5. The molecule has 4 rings (SSSR count). The number of rotatable bonds is 5. The second-order valence-corrected chi connectivity index (χ2v) is 6.99. The minimum absolute atomic E-state index is 0.0996. The first-order valence-electron chi connectivity index (χ1n) is 9.29. The van der Waals surface area contributed by atoms with E-state index in [1.165, 1.54) is 6.92 Å². The summed E-state index contributed by atoms with van der Waals surface area (Å²) in [5, 5.41) is 4.93. The number of methoxy groups -OCH3 is 1. The molecular weight excluding hydrogens is 370 g/mol. The van der Waals surface area contributed by atoms with Gasteiger partial charge in [0.25, 0.3) is 0 Å². The molecule has 0 spiro atoms. The molecule has 1 aliphatic heterocycles. The highest BCUT2D eigenvalue weighted by Gasteiger charge is 2.22. The zero-order valence-electron chi connectivity index (χ0n) is 16.4. The average Bonchev–Trinajstić information content (AvgIpc) is 3.19. The van der Waals surface area contributed by atoms with Gasteiger partial charge in [0.15, 0.2) is 17.3 Å². The van der Waals surface area contributed by atoms with Gasteiger partial charge in [-0.15, -0.1) is 0 Å². The van der Waals surface area contributed by atoms with Gasteiger partial charge in [-0.1, -0.05) is 24.3 Å². The second-order valence-electron chi connectivity index (χ2n) is 6.99. The van der Waals surface area contributed by atoms with Crippen LogP contribution in [0.2, 0.25) is 0 Å². The van der Waals surface area contributed by atoms with Crippen molar-refractivity contribution >= 4 is 28.2 Å². The molecule has 0 bridgehead atoms. The molecule has 0 radical (unpaired) electrons. The number of fused-ring (bicyclic) bond motifs is 2. The number of anilines is 1. The van der Waals surface area contributed by atoms with E-state index in [-0.39, 0.29) is 18.5 Å². The third-order valence-corrected chi connectivity index (χ3v) is 5.11. The van der Waals surface area contributed by atoms with Gasteiger partial charge in [0.05, 0.1) is 18.7 Å². The number of amides is 1. The van der Waals surface area contributed by atoms with E-state index in [9.17, 15) is 9.59 Å². The summed E-state index contributed by atoms with van der Waals surface area (Å²) >= 11 is 0. The quantitative estimate of drug-likeness (QED) is 0.647. The van der Waals surface area contributed by atoms with E-state index < -0.39 is 5.92 Å². The fourth-order valence-corrected chi connectivity index (χ4v) is 3.37. The summed E-state index contributed by atoms with van der Waals surface area (Å²) in [5.41, 5.74) is 1.69. The van der Waals surface area contributed by atoms with Crippen molar-refractivity contribution in [2.75, 3.05) is 19.2 Å². The van der Waals surface area contributed by atoms with Crippen molar-refractivity contribution in [2.45, 2.75) is 19.8 Å². The fraction of sp³-hybridized carbons (Fsp3) is 0.217. The number of ketones is 1. The SMILES string of the molecule is COc1ccc2cc([C@H](C)C(=O)Nc3cc4c(cc3C(C)=O)OCO4)ccc2c1. The number of ether oxygens (including phenoxy) is 3. The van der Waals surface area contributed by atoms with Crippen LogP contribution in [-0.4, -0.2) is 25.6 Å². The second kappa shape index (κ2) is 7.47. The van der Waals surface area contributed by atoms with Crippen LogP contribution >= 0.6 is 0 Å². The summed E-state index contributed by atoms with van der Waals surface area (Å²) < 4.78 is 16.0. The summed E-state index contributed by atoms with van der Waals surface area (Å²) in [5.74, 6) is 1.02. The van der Waals surface area contributed by atoms with E-state index in [0.717, 1.165) is 22.1 Å². The third-order valence-electron chi connectivity index (χ3n) is 5.11. The van der Waals surface area contributed by atoms with Crippen molar-refractivity contribution in [3.05, 3.63) is 59.7 Å². The van der Waals surface area contributed by atoms with Crippen molar-refractivity contribution < 1.29 is 23.8 Å². The number of carbonyl (C=O) groups is 2. The Morgan fingerprint density at radius 1 is 1.00 bits per heavy atom. The predicted octanol–water partition coefficient (Wildman–Crippen LogP) is 4.52. The highest BCUT2D eigenvalue weighted by molar-refractivity contribution is 6.06. The Hall–Kier alpha value is -3.54. The third kappa shape index (κ3) is 3.61. The minimum atomic E-state index is -0.410. The molecular formula is C23H21NO5. The monoisotopic (exact) mass is 391 g/mol. The molecule has 0 saturated carbocycles. The van der Waals surface area contributed by atoms with Crippen molar-refractivity contribution in [3.8, 4) is 17.2 Å². The van der Waals surface area contributed by atoms with Gasteiger partial charge in [-0.3, -0.25) is 9.59 Å². The van der Waals surface area contributed by atoms with Gasteiger partial charge in [-0.2, -0.15) is 0 Å². The summed E-state index contributed by atoms with van der Waals surface area (Å²) in [4.78, 5) is 24.9. The van der Waals surface area contributed by atoms with Crippen LogP contribution < -0.4 is 19.5 Å². The maximum absolute atomic E-state index is 12.9. The first-order valence-corrected chi connectivity index (χ1v) is 9.29. The summed E-state index contributed by atoms with van der Waals surface area (Å²) in [6, 6.07) is 14.9. The van der Waals surface area contributed by atoms with Crippen LogP contribution in [0, 0.1) is 0 Å². The number of benzene rings is 3. The number of carbonyl (C=O) groups excluding carboxylic acids is 2. The number of Topliss-reactive ketones (excluding diaryl/α,β-unsaturated/α-hetero) is 1. The summed E-state index contributed by atoms with van der Waals surface area (Å²) in [6.45, 7) is 3.39. The lowest BCUT2D eigenvalue weighted by Crippen LogP contribution is -2.20. The zero-order valence-corrected chi connectivity index (χ0v) is 16.4. The maximum Gasteiger partial charge on any atom is 0.231 e. The molecule has 1 atom stereocenters. The summed E-state index contributed by atoms with van der Waals surface area (Å²) in [7, 11) is 1.63. The lowest BCUT2D eigenvalue weighted by Gasteiger charge is -2.16. The smallest absolute Gasteiger partial charge is 0.231 e. The first-order chi connectivity index (χ1) is 14.0. The van der Waals surface area contributed by atoms with E-state index in [1.807, 2.05) is 43.3 Å². The Balaban J connectivity index is 1.60. The van der Waals surface area contributed by atoms with Crippen LogP contribution in [0.15, 0.2) is 48.5 Å². The molecule has 1 aliphatic rings. The van der Waals surface area contributed by atoms with Crippen molar-refractivity contribution in [2.24, 2.45) is 0 Å². The van der Waals surface area contributed by atoms with Crippen LogP contribution in [0.1, 0.15) is 35.7 Å². The predicted molar refractivity (Wildman–Crippen MR) is 110 cm³/mol. The van der Waals surface area contributed by atoms with E-state index in [0.29, 0.717) is 22.7 Å². The molecule has 0 fully saturated rings. The fourth-order valence-electron chi connectivity index (χ4n) is 3.37. The normalized spacial score (nSPS) is 13.2. The van der Waals surface area contributed by atoms with Crippen molar-refractivity contribution in [3.63, 3.8) is 0 Å². The van der Waals surface area contributed by atoms with Gasteiger partial charge < -0.3 is 19.5 Å². The van der Waals surface area contributed by atoms with Crippen LogP contribution in [0.25, 0.3) is 10.8 Å². The molecule has 6 nitrogen and oxygen atoms in total. The van der Waals surface area contributed by atoms with Gasteiger partial charge in [-0.25, -0.2) is 0 Å². The largest absolute Gasteiger partial charge is 0.497 e. The molecule has 0 unspecified atom stereocenters. The van der Waals surface area contributed by atoms with E-state index >= 15 is 0 Å². The zero-order chi connectivity index (χ0) is 20.5. The Kier molecular flexibility index (Phi) is 4.84. The Morgan fingerprint density at radius 3 is 2.41 bits per heavy atom. The molecule has 148 valence electrons. The molecule has 1 heterocycles. The van der Waals surface area contributed by atoms with Gasteiger partial charge in [0.1, 0.15) is 5.75 Å². The minimum Gasteiger partial charge on any atom is -0.497 e. The van der Waals surface area contributed by atoms with E-state index in [4.69, 9.17) is 14.2 Å². The van der Waals surface area contributed by atoms with Crippen molar-refractivity contribution in [1.82, 2.24) is 0 Å². The van der Waals surface area contributed by atoms with Crippen LogP contribution in [0.3, 0.4) is 0 Å². The molecule has 29 heavy (non-hydrogen) atoms. The molecule has 3 aromatic carbocycles. The molecule has 0 aliphatic carbocycles. The lowest BCUT2D eigenvalue weighted by molar-refractivity contribution is -0.117. The van der Waals surface area contributed by atoms with Gasteiger partial charge >= 0.3 is 0 Å². The topological polar surface area (TPSA) is 73.9 Å². The van der Waals surface area contributed by atoms with Crippen LogP contribution in [0.4, 0.5) is 5.69 Å². The Bertz CT molecular complexity index is 1120. The number of nitrogens with one attached hydrogen (secondary N) is 1. The van der Waals surface area contributed by atoms with E-state index in [2.05, 4.69) is 5.32 Å². The maximum atomic E-state index is 12.9.